The first kappa shape index (κ1) is 19.5. The molecule has 1 atom stereocenters. The van der Waals surface area contributed by atoms with E-state index in [1.807, 2.05) is 0 Å². The SMILES string of the molecule is Cc1ccc2nc(N3CC[C@@H](N)C3)ccc2c1NC(=O)CC12CC3CC(CC(C3)C1)C2. The van der Waals surface area contributed by atoms with Gasteiger partial charge in [-0.1, -0.05) is 6.07 Å². The van der Waals surface area contributed by atoms with Gasteiger partial charge >= 0.3 is 0 Å². The summed E-state index contributed by atoms with van der Waals surface area (Å²) in [7, 11) is 0. The number of anilines is 2. The van der Waals surface area contributed by atoms with Crippen molar-refractivity contribution in [3.05, 3.63) is 29.8 Å². The molecule has 4 saturated carbocycles. The Morgan fingerprint density at radius 3 is 2.48 bits per heavy atom. The lowest BCUT2D eigenvalue weighted by Gasteiger charge is -2.56. The van der Waals surface area contributed by atoms with E-state index in [1.165, 1.54) is 38.5 Å². The number of aromatic nitrogens is 1. The Bertz CT molecular complexity index is 996. The molecule has 1 aromatic heterocycles. The number of nitrogens with one attached hydrogen (secondary N) is 1. The summed E-state index contributed by atoms with van der Waals surface area (Å²) in [5.74, 6) is 3.79. The lowest BCUT2D eigenvalue weighted by atomic mass is 9.49. The number of nitrogens with zero attached hydrogens (tertiary/aromatic N) is 2. The molecule has 2 aromatic rings. The third kappa shape index (κ3) is 3.51. The number of nitrogens with two attached hydrogens (primary N) is 1. The fourth-order valence-corrected chi connectivity index (χ4v) is 7.67. The quantitative estimate of drug-likeness (QED) is 0.760. The zero-order chi connectivity index (χ0) is 21.2. The Morgan fingerprint density at radius 2 is 1.84 bits per heavy atom. The molecule has 164 valence electrons. The van der Waals surface area contributed by atoms with E-state index in [2.05, 4.69) is 41.4 Å². The zero-order valence-corrected chi connectivity index (χ0v) is 18.6. The van der Waals surface area contributed by atoms with E-state index in [-0.39, 0.29) is 17.4 Å². The fraction of sp³-hybridized carbons (Fsp3) is 0.615. The van der Waals surface area contributed by atoms with Crippen molar-refractivity contribution in [1.29, 1.82) is 0 Å². The molecule has 5 heteroatoms. The topological polar surface area (TPSA) is 71.2 Å². The van der Waals surface area contributed by atoms with Crippen molar-refractivity contribution in [2.24, 2.45) is 28.9 Å². The van der Waals surface area contributed by atoms with E-state index in [0.717, 1.165) is 65.2 Å². The largest absolute Gasteiger partial charge is 0.355 e. The molecule has 3 N–H and O–H groups in total. The van der Waals surface area contributed by atoms with Crippen LogP contribution in [0.5, 0.6) is 0 Å². The molecule has 2 heterocycles. The highest BCUT2D eigenvalue weighted by Gasteiger charge is 2.51. The van der Waals surface area contributed by atoms with Crippen molar-refractivity contribution < 1.29 is 4.79 Å². The first-order valence-electron chi connectivity index (χ1n) is 12.2. The number of carbonyl (C=O) groups excluding carboxylic acids is 1. The molecule has 1 saturated heterocycles. The highest BCUT2D eigenvalue weighted by molar-refractivity contribution is 6.02. The number of fused-ring (bicyclic) bond motifs is 1. The summed E-state index contributed by atoms with van der Waals surface area (Å²) in [5.41, 5.74) is 9.32. The van der Waals surface area contributed by atoms with Crippen LogP contribution in [-0.4, -0.2) is 30.0 Å². The summed E-state index contributed by atoms with van der Waals surface area (Å²) >= 11 is 0. The van der Waals surface area contributed by atoms with Crippen molar-refractivity contribution >= 4 is 28.3 Å². The number of rotatable bonds is 4. The summed E-state index contributed by atoms with van der Waals surface area (Å²) in [6.45, 7) is 3.90. The Hall–Kier alpha value is -2.14. The molecule has 0 spiro atoms. The molecule has 4 bridgehead atoms. The average Bonchev–Trinajstić information content (AvgIpc) is 3.15. The van der Waals surface area contributed by atoms with Crippen LogP contribution in [0.15, 0.2) is 24.3 Å². The van der Waals surface area contributed by atoms with E-state index in [1.54, 1.807) is 0 Å². The van der Waals surface area contributed by atoms with Crippen molar-refractivity contribution in [1.82, 2.24) is 4.98 Å². The van der Waals surface area contributed by atoms with Crippen LogP contribution in [-0.2, 0) is 4.79 Å². The molecule has 1 amide bonds. The van der Waals surface area contributed by atoms with Crippen LogP contribution >= 0.6 is 0 Å². The van der Waals surface area contributed by atoms with Gasteiger partial charge in [-0.3, -0.25) is 4.79 Å². The molecular weight excluding hydrogens is 384 g/mol. The fourth-order valence-electron chi connectivity index (χ4n) is 7.67. The minimum absolute atomic E-state index is 0.187. The second kappa shape index (κ2) is 7.19. The van der Waals surface area contributed by atoms with Crippen LogP contribution in [0.2, 0.25) is 0 Å². The number of hydrogen-bond donors (Lipinski definition) is 2. The van der Waals surface area contributed by atoms with Crippen molar-refractivity contribution in [2.75, 3.05) is 23.3 Å². The Labute approximate surface area is 184 Å². The van der Waals surface area contributed by atoms with Gasteiger partial charge in [-0.15, -0.1) is 0 Å². The van der Waals surface area contributed by atoms with Crippen LogP contribution in [0.25, 0.3) is 10.9 Å². The highest BCUT2D eigenvalue weighted by atomic mass is 16.1. The minimum Gasteiger partial charge on any atom is -0.355 e. The smallest absolute Gasteiger partial charge is 0.224 e. The van der Waals surface area contributed by atoms with Gasteiger partial charge in [0.05, 0.1) is 11.2 Å². The Morgan fingerprint density at radius 1 is 1.13 bits per heavy atom. The number of pyridine rings is 1. The van der Waals surface area contributed by atoms with E-state index >= 15 is 0 Å². The summed E-state index contributed by atoms with van der Waals surface area (Å²) in [5, 5.41) is 4.35. The van der Waals surface area contributed by atoms with E-state index in [9.17, 15) is 4.79 Å². The molecule has 7 rings (SSSR count). The highest BCUT2D eigenvalue weighted by Crippen LogP contribution is 2.61. The summed E-state index contributed by atoms with van der Waals surface area (Å²) in [4.78, 5) is 20.4. The van der Waals surface area contributed by atoms with Crippen LogP contribution in [0.3, 0.4) is 0 Å². The third-order valence-electron chi connectivity index (χ3n) is 8.58. The summed E-state index contributed by atoms with van der Waals surface area (Å²) in [6, 6.07) is 8.58. The predicted octanol–water partition coefficient (Wildman–Crippen LogP) is 4.63. The van der Waals surface area contributed by atoms with Crippen LogP contribution < -0.4 is 16.0 Å². The number of amides is 1. The van der Waals surface area contributed by atoms with Gasteiger partial charge in [-0.2, -0.15) is 0 Å². The molecule has 5 fully saturated rings. The number of aryl methyl sites for hydroxylation is 1. The maximum atomic E-state index is 13.3. The first-order chi connectivity index (χ1) is 15.0. The normalized spacial score (nSPS) is 33.9. The molecule has 5 nitrogen and oxygen atoms in total. The van der Waals surface area contributed by atoms with Gasteiger partial charge in [0, 0.05) is 30.9 Å². The molecule has 5 aliphatic rings. The van der Waals surface area contributed by atoms with E-state index in [0.29, 0.717) is 6.42 Å². The maximum absolute atomic E-state index is 13.3. The third-order valence-corrected chi connectivity index (χ3v) is 8.58. The second-order valence-electron chi connectivity index (χ2n) is 11.1. The standard InChI is InChI=1S/C26H34N4O/c1-16-2-4-22-21(3-5-23(28-22)30-7-6-20(27)15-30)25(16)29-24(31)14-26-11-17-8-18(12-26)10-19(9-17)13-26/h2-5,17-20H,6-15,27H2,1H3,(H,29,31)/t17?,18?,19?,20-,26?/m1/s1. The lowest BCUT2D eigenvalue weighted by molar-refractivity contribution is -0.124. The van der Waals surface area contributed by atoms with E-state index < -0.39 is 0 Å². The summed E-state index contributed by atoms with van der Waals surface area (Å²) in [6.07, 6.45) is 9.75. The van der Waals surface area contributed by atoms with Gasteiger partial charge in [-0.25, -0.2) is 4.98 Å². The van der Waals surface area contributed by atoms with Gasteiger partial charge < -0.3 is 16.0 Å². The maximum Gasteiger partial charge on any atom is 0.224 e. The Balaban J connectivity index is 1.23. The van der Waals surface area contributed by atoms with Crippen molar-refractivity contribution in [3.63, 3.8) is 0 Å². The number of carbonyl (C=O) groups is 1. The molecule has 0 unspecified atom stereocenters. The van der Waals surface area contributed by atoms with Crippen molar-refractivity contribution in [2.45, 2.75) is 64.3 Å². The van der Waals surface area contributed by atoms with Gasteiger partial charge in [0.15, 0.2) is 0 Å². The number of benzene rings is 1. The molecule has 1 aliphatic heterocycles. The van der Waals surface area contributed by atoms with Crippen LogP contribution in [0.1, 0.15) is 56.9 Å². The molecule has 0 radical (unpaired) electrons. The predicted molar refractivity (Wildman–Crippen MR) is 125 cm³/mol. The molecular formula is C26H34N4O. The van der Waals surface area contributed by atoms with Crippen molar-refractivity contribution in [3.8, 4) is 0 Å². The average molecular weight is 419 g/mol. The van der Waals surface area contributed by atoms with Gasteiger partial charge in [0.1, 0.15) is 5.82 Å². The second-order valence-corrected chi connectivity index (χ2v) is 11.1. The van der Waals surface area contributed by atoms with E-state index in [4.69, 9.17) is 10.7 Å². The molecule has 1 aromatic carbocycles. The Kier molecular flexibility index (Phi) is 4.53. The summed E-state index contributed by atoms with van der Waals surface area (Å²) < 4.78 is 0. The monoisotopic (exact) mass is 418 g/mol. The number of hydrogen-bond acceptors (Lipinski definition) is 4. The minimum atomic E-state index is 0.187. The first-order valence-corrected chi connectivity index (χ1v) is 12.2. The van der Waals surface area contributed by atoms with Gasteiger partial charge in [0.25, 0.3) is 0 Å². The van der Waals surface area contributed by atoms with Crippen LogP contribution in [0.4, 0.5) is 11.5 Å². The van der Waals surface area contributed by atoms with Gasteiger partial charge in [-0.05, 0) is 98.8 Å². The molecule has 4 aliphatic carbocycles. The zero-order valence-electron chi connectivity index (χ0n) is 18.6. The molecule has 31 heavy (non-hydrogen) atoms. The van der Waals surface area contributed by atoms with Crippen LogP contribution in [0, 0.1) is 30.1 Å². The lowest BCUT2D eigenvalue weighted by Crippen LogP contribution is -2.47. The van der Waals surface area contributed by atoms with Gasteiger partial charge in [0.2, 0.25) is 5.91 Å².